The van der Waals surface area contributed by atoms with Gasteiger partial charge in [-0.2, -0.15) is 8.42 Å². The average molecular weight is 192 g/mol. The molecule has 7 heteroatoms. The summed E-state index contributed by atoms with van der Waals surface area (Å²) in [5, 5.41) is 2.26. The largest absolute Gasteiger partial charge is 0.469 e. The highest BCUT2D eigenvalue weighted by Gasteiger charge is 2.52. The van der Waals surface area contributed by atoms with E-state index in [1.165, 1.54) is 6.41 Å². The molecule has 0 bridgehead atoms. The fourth-order valence-corrected chi connectivity index (χ4v) is 1.94. The Labute approximate surface area is 69.8 Å². The molecule has 6 nitrogen and oxygen atoms in total. The van der Waals surface area contributed by atoms with Gasteiger partial charge in [-0.3, -0.25) is 5.32 Å². The van der Waals surface area contributed by atoms with Crippen LogP contribution in [0, 0.1) is 0 Å². The second-order valence-electron chi connectivity index (χ2n) is 2.52. The summed E-state index contributed by atoms with van der Waals surface area (Å²) in [5.74, 6) is 0. The number of nitrogens with one attached hydrogen (secondary N) is 1. The van der Waals surface area contributed by atoms with E-state index in [0.29, 0.717) is 0 Å². The summed E-state index contributed by atoms with van der Waals surface area (Å²) in [6.07, 6.45) is 2.09. The number of quaternary nitrogens is 1. The minimum absolute atomic E-state index is 0.0822. The van der Waals surface area contributed by atoms with E-state index < -0.39 is 19.9 Å². The second kappa shape index (κ2) is 2.53. The van der Waals surface area contributed by atoms with Crippen LogP contribution in [0.3, 0.4) is 0 Å². The number of carbonyl (C=O) groups is 1. The van der Waals surface area contributed by atoms with Gasteiger partial charge in [-0.25, -0.2) is 9.59 Å². The molecule has 1 aliphatic rings. The summed E-state index contributed by atoms with van der Waals surface area (Å²) in [5.41, 5.74) is 0. The van der Waals surface area contributed by atoms with Crippen LogP contribution in [0.15, 0.2) is 0 Å². The lowest BCUT2D eigenvalue weighted by atomic mass is 10.6. The molecule has 12 heavy (non-hydrogen) atoms. The SMILES string of the molecule is CS(=O)(=O)[N+]1([C]=O)CCNC1=O. The molecule has 3 amide bonds. The Hall–Kier alpha value is -0.950. The summed E-state index contributed by atoms with van der Waals surface area (Å²) in [7, 11) is -3.76. The first-order valence-corrected chi connectivity index (χ1v) is 5.05. The average Bonchev–Trinajstić information content (AvgIpc) is 2.30. The van der Waals surface area contributed by atoms with E-state index in [9.17, 15) is 18.0 Å². The van der Waals surface area contributed by atoms with Crippen molar-refractivity contribution in [3.8, 4) is 0 Å². The van der Waals surface area contributed by atoms with Gasteiger partial charge in [0.25, 0.3) is 0 Å². The Bertz CT molecular complexity index is 322. The van der Waals surface area contributed by atoms with Gasteiger partial charge in [0.1, 0.15) is 6.54 Å². The van der Waals surface area contributed by atoms with Crippen LogP contribution in [0.1, 0.15) is 0 Å². The first-order chi connectivity index (χ1) is 5.44. The minimum atomic E-state index is -3.76. The van der Waals surface area contributed by atoms with Crippen LogP contribution < -0.4 is 5.32 Å². The molecule has 1 radical (unpaired) electrons. The first kappa shape index (κ1) is 9.14. The van der Waals surface area contributed by atoms with Gasteiger partial charge in [-0.15, -0.1) is 0 Å². The van der Waals surface area contributed by atoms with Gasteiger partial charge in [0.05, 0.1) is 12.8 Å². The summed E-state index contributed by atoms with van der Waals surface area (Å²) in [6.45, 7) is 0.0995. The van der Waals surface area contributed by atoms with E-state index in [1.54, 1.807) is 0 Å². The fraction of sp³-hybridized carbons (Fsp3) is 0.600. The molecule has 0 aromatic rings. The Balaban J connectivity index is 3.24. The number of imide groups is 1. The fourth-order valence-electron chi connectivity index (χ4n) is 1.02. The van der Waals surface area contributed by atoms with Crippen LogP contribution in [-0.2, 0) is 14.8 Å². The number of rotatable bonds is 2. The third-order valence-electron chi connectivity index (χ3n) is 1.74. The monoisotopic (exact) mass is 192 g/mol. The number of hydrogen-bond acceptors (Lipinski definition) is 4. The maximum atomic E-state index is 11.0. The molecule has 1 unspecified atom stereocenters. The van der Waals surface area contributed by atoms with Gasteiger partial charge in [0, 0.05) is 0 Å². The number of carbonyl (C=O) groups excluding carboxylic acids is 2. The second-order valence-corrected chi connectivity index (χ2v) is 4.61. The molecular weight excluding hydrogens is 184 g/mol. The van der Waals surface area contributed by atoms with Crippen LogP contribution in [0.2, 0.25) is 0 Å². The smallest absolute Gasteiger partial charge is 0.298 e. The van der Waals surface area contributed by atoms with Gasteiger partial charge < -0.3 is 0 Å². The molecule has 67 valence electrons. The van der Waals surface area contributed by atoms with Crippen molar-refractivity contribution >= 4 is 22.5 Å². The third kappa shape index (κ3) is 1.01. The Morgan fingerprint density at radius 1 is 1.58 bits per heavy atom. The number of sulfonamides is 1. The van der Waals surface area contributed by atoms with Crippen LogP contribution in [-0.4, -0.2) is 44.1 Å². The zero-order chi connectivity index (χ0) is 9.41. The Morgan fingerprint density at radius 3 is 2.33 bits per heavy atom. The van der Waals surface area contributed by atoms with Crippen LogP contribution in [0.25, 0.3) is 0 Å². The quantitative estimate of drug-likeness (QED) is 0.543. The molecule has 0 saturated carbocycles. The lowest BCUT2D eigenvalue weighted by Crippen LogP contribution is -2.53. The highest BCUT2D eigenvalue weighted by Crippen LogP contribution is 2.14. The molecule has 0 aromatic carbocycles. The van der Waals surface area contributed by atoms with Crippen LogP contribution in [0.4, 0.5) is 4.79 Å². The van der Waals surface area contributed by atoms with Gasteiger partial charge in [0.2, 0.25) is 0 Å². The third-order valence-corrected chi connectivity index (χ3v) is 3.30. The lowest BCUT2D eigenvalue weighted by molar-refractivity contribution is -0.601. The van der Waals surface area contributed by atoms with Crippen LogP contribution in [0.5, 0.6) is 0 Å². The van der Waals surface area contributed by atoms with Crippen molar-refractivity contribution in [2.45, 2.75) is 0 Å². The number of hydrogen-bond donors (Lipinski definition) is 1. The van der Waals surface area contributed by atoms with E-state index in [2.05, 4.69) is 5.32 Å². The van der Waals surface area contributed by atoms with Crippen molar-refractivity contribution in [1.29, 1.82) is 0 Å². The predicted molar refractivity (Wildman–Crippen MR) is 39.1 cm³/mol. The maximum absolute atomic E-state index is 11.0. The van der Waals surface area contributed by atoms with E-state index in [0.717, 1.165) is 6.26 Å². The standard InChI is InChI=1S/C5H8N2O4S/c1-12(10,11)7(4-8)3-2-6-5(7)9/h2-3H2,1H3,(H,6,9)/q+1. The molecule has 1 saturated heterocycles. The van der Waals surface area contributed by atoms with E-state index >= 15 is 0 Å². The Kier molecular flexibility index (Phi) is 1.92. The van der Waals surface area contributed by atoms with E-state index in [4.69, 9.17) is 0 Å². The number of amides is 3. The van der Waals surface area contributed by atoms with Gasteiger partial charge >= 0.3 is 22.5 Å². The summed E-state index contributed by atoms with van der Waals surface area (Å²) in [6, 6.07) is -0.826. The maximum Gasteiger partial charge on any atom is 0.469 e. The molecule has 1 fully saturated rings. The van der Waals surface area contributed by atoms with Crippen molar-refractivity contribution in [3.63, 3.8) is 0 Å². The summed E-state index contributed by atoms with van der Waals surface area (Å²) in [4.78, 5) is 21.4. The summed E-state index contributed by atoms with van der Waals surface area (Å²) < 4.78 is 20.8. The van der Waals surface area contributed by atoms with Crippen molar-refractivity contribution in [1.82, 2.24) is 5.32 Å². The van der Waals surface area contributed by atoms with Gasteiger partial charge in [0.15, 0.2) is 0 Å². The van der Waals surface area contributed by atoms with Crippen molar-refractivity contribution in [2.24, 2.45) is 0 Å². The molecular formula is C5H8N2O4S+. The lowest BCUT2D eigenvalue weighted by Gasteiger charge is -2.15. The normalized spacial score (nSPS) is 29.9. The highest BCUT2D eigenvalue weighted by molar-refractivity contribution is 7.85. The molecule has 0 aromatic heterocycles. The molecule has 1 heterocycles. The molecule has 1 N–H and O–H groups in total. The molecule has 0 aliphatic carbocycles. The van der Waals surface area contributed by atoms with Crippen LogP contribution >= 0.6 is 0 Å². The first-order valence-electron chi connectivity index (χ1n) is 3.20. The predicted octanol–water partition coefficient (Wildman–Crippen LogP) is -1.45. The topological polar surface area (TPSA) is 80.3 Å². The van der Waals surface area contributed by atoms with Crippen molar-refractivity contribution in [3.05, 3.63) is 0 Å². The van der Waals surface area contributed by atoms with Crippen molar-refractivity contribution < 1.29 is 21.9 Å². The minimum Gasteiger partial charge on any atom is -0.298 e. The van der Waals surface area contributed by atoms with Gasteiger partial charge in [-0.05, 0) is 0 Å². The zero-order valence-electron chi connectivity index (χ0n) is 6.40. The molecule has 1 rings (SSSR count). The van der Waals surface area contributed by atoms with E-state index in [-0.39, 0.29) is 13.1 Å². The van der Waals surface area contributed by atoms with E-state index in [1.807, 2.05) is 0 Å². The summed E-state index contributed by atoms with van der Waals surface area (Å²) >= 11 is 0. The Morgan fingerprint density at radius 2 is 2.17 bits per heavy atom. The van der Waals surface area contributed by atoms with Crippen molar-refractivity contribution in [2.75, 3.05) is 19.3 Å². The van der Waals surface area contributed by atoms with Gasteiger partial charge in [-0.1, -0.05) is 3.89 Å². The molecule has 1 aliphatic heterocycles. The molecule has 0 spiro atoms. The molecule has 1 atom stereocenters. The highest BCUT2D eigenvalue weighted by atomic mass is 32.2. The number of urea groups is 1. The zero-order valence-corrected chi connectivity index (χ0v) is 7.22. The number of nitrogens with zero attached hydrogens (tertiary/aromatic N) is 1.